The average molecular weight is 567 g/mol. The van der Waals surface area contributed by atoms with E-state index < -0.39 is 0 Å². The van der Waals surface area contributed by atoms with Gasteiger partial charge in [0.1, 0.15) is 5.82 Å². The van der Waals surface area contributed by atoms with Crippen molar-refractivity contribution in [2.45, 2.75) is 87.8 Å². The number of hydrogen-bond donors (Lipinski definition) is 2. The number of rotatable bonds is 6. The van der Waals surface area contributed by atoms with E-state index in [1.54, 1.807) is 11.0 Å². The Balaban J connectivity index is 1.21. The van der Waals surface area contributed by atoms with Gasteiger partial charge in [0.25, 0.3) is 0 Å². The molecule has 4 heterocycles. The molecule has 10 heteroatoms. The first-order valence-electron chi connectivity index (χ1n) is 15.2. The van der Waals surface area contributed by atoms with E-state index in [-0.39, 0.29) is 48.3 Å². The first kappa shape index (κ1) is 28.7. The molecule has 1 amide bonds. The van der Waals surface area contributed by atoms with Crippen molar-refractivity contribution in [1.82, 2.24) is 25.3 Å². The van der Waals surface area contributed by atoms with E-state index in [0.717, 1.165) is 44.3 Å². The van der Waals surface area contributed by atoms with Crippen LogP contribution < -0.4 is 10.6 Å². The Morgan fingerprint density at radius 3 is 2.95 bits per heavy atom. The van der Waals surface area contributed by atoms with Crippen molar-refractivity contribution in [2.75, 3.05) is 39.8 Å². The van der Waals surface area contributed by atoms with Crippen molar-refractivity contribution in [2.24, 2.45) is 5.92 Å². The number of halogens is 1. The van der Waals surface area contributed by atoms with Crippen LogP contribution in [0, 0.1) is 23.1 Å². The van der Waals surface area contributed by atoms with E-state index in [2.05, 4.69) is 40.1 Å². The molecular weight excluding hydrogens is 523 g/mol. The Bertz CT molecular complexity index is 1180. The minimum atomic E-state index is -0.328. The molecule has 2 N–H and O–H groups in total. The van der Waals surface area contributed by atoms with Crippen molar-refractivity contribution in [3.05, 3.63) is 47.8 Å². The van der Waals surface area contributed by atoms with Crippen LogP contribution >= 0.6 is 0 Å². The molecule has 1 aliphatic carbocycles. The molecule has 4 aliphatic heterocycles. The number of carbonyl (C=O) groups is 1. The molecule has 1 saturated carbocycles. The third-order valence-electron chi connectivity index (χ3n) is 10.2. The summed E-state index contributed by atoms with van der Waals surface area (Å²) in [6, 6.07) is 8.02. The normalized spacial score (nSPS) is 36.0. The first-order valence-corrected chi connectivity index (χ1v) is 15.2. The summed E-state index contributed by atoms with van der Waals surface area (Å²) >= 11 is 0. The van der Waals surface area contributed by atoms with Gasteiger partial charge in [-0.15, -0.1) is 0 Å². The lowest BCUT2D eigenvalue weighted by atomic mass is 9.69. The molecule has 0 aromatic heterocycles. The molecule has 1 aromatic rings. The summed E-state index contributed by atoms with van der Waals surface area (Å²) in [5, 5.41) is 17.1. The summed E-state index contributed by atoms with van der Waals surface area (Å²) in [6.45, 7) is 7.63. The Morgan fingerprint density at radius 2 is 2.17 bits per heavy atom. The second-order valence-electron chi connectivity index (χ2n) is 12.6. The van der Waals surface area contributed by atoms with Crippen LogP contribution in [-0.2, 0) is 27.3 Å². The van der Waals surface area contributed by atoms with E-state index in [1.165, 1.54) is 18.6 Å². The van der Waals surface area contributed by atoms with Crippen LogP contribution in [-0.4, -0.2) is 96.7 Å². The van der Waals surface area contributed by atoms with E-state index in [9.17, 15) is 14.4 Å². The number of hydrogen-bond acceptors (Lipinski definition) is 8. The maximum Gasteiger partial charge on any atom is 0.246 e. The molecule has 0 bridgehead atoms. The molecule has 6 rings (SSSR count). The number of likely N-dealkylation sites (tertiary alicyclic amines) is 1. The van der Waals surface area contributed by atoms with E-state index in [4.69, 9.17) is 9.47 Å². The molecular formula is C31H43FN6O3. The van der Waals surface area contributed by atoms with Gasteiger partial charge in [-0.05, 0) is 63.4 Å². The lowest BCUT2D eigenvalue weighted by Crippen LogP contribution is -2.73. The van der Waals surface area contributed by atoms with Gasteiger partial charge < -0.3 is 19.3 Å². The highest BCUT2D eigenvalue weighted by Crippen LogP contribution is 2.44. The maximum atomic E-state index is 14.5. The summed E-state index contributed by atoms with van der Waals surface area (Å²) < 4.78 is 27.4. The Kier molecular flexibility index (Phi) is 8.46. The zero-order valence-corrected chi connectivity index (χ0v) is 24.1. The summed E-state index contributed by atoms with van der Waals surface area (Å²) in [7, 11) is 2.16. The number of carbonyl (C=O) groups excluding carboxylic acids is 1. The SMILES string of the molecule is C=CC(=O)N1CCN(C2NC(OCC3CCCN3C)NC3C[C@@]4(CCC32)Cc2cccc(F)c2CO4)CC1CC#N. The van der Waals surface area contributed by atoms with E-state index in [1.807, 2.05) is 6.07 Å². The van der Waals surface area contributed by atoms with Gasteiger partial charge >= 0.3 is 0 Å². The van der Waals surface area contributed by atoms with Gasteiger partial charge in [0, 0.05) is 49.6 Å². The fourth-order valence-corrected chi connectivity index (χ4v) is 7.90. The number of benzene rings is 1. The van der Waals surface area contributed by atoms with Crippen LogP contribution in [0.2, 0.25) is 0 Å². The topological polar surface area (TPSA) is 93.1 Å². The predicted molar refractivity (Wildman–Crippen MR) is 152 cm³/mol. The fourth-order valence-electron chi connectivity index (χ4n) is 7.90. The van der Waals surface area contributed by atoms with Gasteiger partial charge in [0.15, 0.2) is 6.35 Å². The van der Waals surface area contributed by atoms with Crippen LogP contribution in [0.5, 0.6) is 0 Å². The van der Waals surface area contributed by atoms with Crippen molar-refractivity contribution >= 4 is 5.91 Å². The number of piperazine rings is 1. The molecule has 0 radical (unpaired) electrons. The number of nitrogens with zero attached hydrogens (tertiary/aromatic N) is 4. The minimum Gasteiger partial charge on any atom is -0.370 e. The van der Waals surface area contributed by atoms with Crippen LogP contribution in [0.25, 0.3) is 0 Å². The Morgan fingerprint density at radius 1 is 1.29 bits per heavy atom. The number of ether oxygens (including phenoxy) is 2. The van der Waals surface area contributed by atoms with Crippen molar-refractivity contribution in [1.29, 1.82) is 5.26 Å². The highest BCUT2D eigenvalue weighted by Gasteiger charge is 2.51. The molecule has 3 saturated heterocycles. The van der Waals surface area contributed by atoms with Crippen LogP contribution in [0.1, 0.15) is 49.7 Å². The molecule has 9 nitrogen and oxygen atoms in total. The lowest BCUT2D eigenvalue weighted by molar-refractivity contribution is -0.153. The molecule has 222 valence electrons. The molecule has 6 unspecified atom stereocenters. The van der Waals surface area contributed by atoms with Gasteiger partial charge in [-0.25, -0.2) is 4.39 Å². The first-order chi connectivity index (χ1) is 19.9. The lowest BCUT2D eigenvalue weighted by Gasteiger charge is -2.56. The zero-order chi connectivity index (χ0) is 28.6. The second kappa shape index (κ2) is 12.1. The minimum absolute atomic E-state index is 0.0420. The predicted octanol–water partition coefficient (Wildman–Crippen LogP) is 2.33. The molecule has 5 aliphatic rings. The standard InChI is InChI=1S/C31H43FN6O3/c1-3-28(39)38-15-14-37(18-22(38)10-12-33)29-24-9-11-31(16-21-6-4-8-26(32)25(21)20-41-31)17-27(24)34-30(35-29)40-19-23-7-5-13-36(23)2/h3-4,6,8,22-24,27,29-30,34-35H,1,5,7,9-11,13-20H2,2H3/t22?,23?,24?,27?,29?,30?,31-/m1/s1. The van der Waals surface area contributed by atoms with Crippen LogP contribution in [0.4, 0.5) is 4.39 Å². The summed E-state index contributed by atoms with van der Waals surface area (Å²) in [6.07, 6.45) is 7.08. The van der Waals surface area contributed by atoms with E-state index >= 15 is 0 Å². The summed E-state index contributed by atoms with van der Waals surface area (Å²) in [5.41, 5.74) is 1.42. The van der Waals surface area contributed by atoms with Crippen molar-refractivity contribution < 1.29 is 18.7 Å². The van der Waals surface area contributed by atoms with Gasteiger partial charge in [0.2, 0.25) is 5.91 Å². The smallest absolute Gasteiger partial charge is 0.246 e. The third-order valence-corrected chi connectivity index (χ3v) is 10.2. The van der Waals surface area contributed by atoms with E-state index in [0.29, 0.717) is 50.2 Å². The van der Waals surface area contributed by atoms with Crippen molar-refractivity contribution in [3.8, 4) is 6.07 Å². The molecule has 7 atom stereocenters. The summed E-state index contributed by atoms with van der Waals surface area (Å²) in [4.78, 5) is 19.1. The number of nitrogens with one attached hydrogen (secondary N) is 2. The molecule has 1 aromatic carbocycles. The average Bonchev–Trinajstić information content (AvgIpc) is 3.39. The highest BCUT2D eigenvalue weighted by atomic mass is 19.1. The monoisotopic (exact) mass is 566 g/mol. The molecule has 4 fully saturated rings. The maximum absolute atomic E-state index is 14.5. The van der Waals surface area contributed by atoms with Crippen LogP contribution in [0.15, 0.2) is 30.9 Å². The second-order valence-corrected chi connectivity index (χ2v) is 12.6. The largest absolute Gasteiger partial charge is 0.370 e. The Hall–Kier alpha value is -2.39. The van der Waals surface area contributed by atoms with Crippen molar-refractivity contribution in [3.63, 3.8) is 0 Å². The van der Waals surface area contributed by atoms with Gasteiger partial charge in [-0.3, -0.25) is 20.3 Å². The van der Waals surface area contributed by atoms with Crippen LogP contribution in [0.3, 0.4) is 0 Å². The van der Waals surface area contributed by atoms with Gasteiger partial charge in [-0.2, -0.15) is 5.26 Å². The quantitative estimate of drug-likeness (QED) is 0.507. The highest BCUT2D eigenvalue weighted by molar-refractivity contribution is 5.87. The number of nitriles is 1. The Labute approximate surface area is 242 Å². The molecule has 41 heavy (non-hydrogen) atoms. The van der Waals surface area contributed by atoms with Gasteiger partial charge in [0.05, 0.1) is 43.5 Å². The number of amides is 1. The molecule has 1 spiro atoms. The number of fused-ring (bicyclic) bond motifs is 2. The third kappa shape index (κ3) is 5.81. The van der Waals surface area contributed by atoms with Gasteiger partial charge in [-0.1, -0.05) is 18.7 Å². The zero-order valence-electron chi connectivity index (χ0n) is 24.1. The number of likely N-dealkylation sites (N-methyl/N-ethyl adjacent to an activating group) is 1. The summed E-state index contributed by atoms with van der Waals surface area (Å²) in [5.74, 6) is 0.00248. The fraction of sp³-hybridized carbons (Fsp3) is 0.677.